The van der Waals surface area contributed by atoms with E-state index in [0.717, 1.165) is 29.6 Å². The number of anilines is 1. The second-order valence-corrected chi connectivity index (χ2v) is 4.90. The first-order valence-corrected chi connectivity index (χ1v) is 6.88. The lowest BCUT2D eigenvalue weighted by Gasteiger charge is -2.12. The minimum Gasteiger partial charge on any atom is -0.321 e. The number of halogens is 3. The fourth-order valence-corrected chi connectivity index (χ4v) is 2.19. The van der Waals surface area contributed by atoms with Crippen LogP contribution in [-0.4, -0.2) is 21.1 Å². The number of hydrogen-bond acceptors (Lipinski definition) is 3. The SMILES string of the molecule is O=C(Nc1cccc(-c2ccn[nH]2)c1)c1ncccc1C(F)(F)F. The molecular weight excluding hydrogens is 321 g/mol. The maximum Gasteiger partial charge on any atom is 0.418 e. The van der Waals surface area contributed by atoms with E-state index >= 15 is 0 Å². The summed E-state index contributed by atoms with van der Waals surface area (Å²) in [6, 6.07) is 10.4. The van der Waals surface area contributed by atoms with Gasteiger partial charge in [-0.25, -0.2) is 0 Å². The predicted octanol–water partition coefficient (Wildman–Crippen LogP) is 3.74. The van der Waals surface area contributed by atoms with Crippen molar-refractivity contribution in [3.63, 3.8) is 0 Å². The van der Waals surface area contributed by atoms with Gasteiger partial charge in [-0.2, -0.15) is 18.3 Å². The van der Waals surface area contributed by atoms with Gasteiger partial charge in [0.1, 0.15) is 5.69 Å². The van der Waals surface area contributed by atoms with Crippen LogP contribution in [0.15, 0.2) is 54.9 Å². The molecule has 0 spiro atoms. The molecule has 2 heterocycles. The molecule has 0 atom stereocenters. The van der Waals surface area contributed by atoms with E-state index in [-0.39, 0.29) is 0 Å². The van der Waals surface area contributed by atoms with Crippen LogP contribution in [0.25, 0.3) is 11.3 Å². The van der Waals surface area contributed by atoms with E-state index in [4.69, 9.17) is 0 Å². The van der Waals surface area contributed by atoms with Gasteiger partial charge in [0.05, 0.1) is 11.3 Å². The van der Waals surface area contributed by atoms with Crippen molar-refractivity contribution in [1.29, 1.82) is 0 Å². The van der Waals surface area contributed by atoms with Crippen molar-refractivity contribution in [2.45, 2.75) is 6.18 Å². The third-order valence-electron chi connectivity index (χ3n) is 3.26. The van der Waals surface area contributed by atoms with Crippen LogP contribution in [0, 0.1) is 0 Å². The molecule has 0 radical (unpaired) electrons. The van der Waals surface area contributed by atoms with Gasteiger partial charge < -0.3 is 5.32 Å². The number of nitrogens with one attached hydrogen (secondary N) is 2. The van der Waals surface area contributed by atoms with Gasteiger partial charge in [-0.3, -0.25) is 14.9 Å². The quantitative estimate of drug-likeness (QED) is 0.767. The average Bonchev–Trinajstić information content (AvgIpc) is 3.09. The molecule has 3 aromatic rings. The molecule has 1 amide bonds. The van der Waals surface area contributed by atoms with E-state index in [1.807, 2.05) is 0 Å². The molecule has 0 fully saturated rings. The lowest BCUT2D eigenvalue weighted by atomic mass is 10.1. The molecule has 5 nitrogen and oxygen atoms in total. The van der Waals surface area contributed by atoms with E-state index in [0.29, 0.717) is 5.69 Å². The van der Waals surface area contributed by atoms with Crippen molar-refractivity contribution in [3.8, 4) is 11.3 Å². The van der Waals surface area contributed by atoms with Crippen LogP contribution in [0.2, 0.25) is 0 Å². The monoisotopic (exact) mass is 332 g/mol. The van der Waals surface area contributed by atoms with E-state index in [2.05, 4.69) is 20.5 Å². The Labute approximate surface area is 134 Å². The number of aromatic amines is 1. The summed E-state index contributed by atoms with van der Waals surface area (Å²) in [5.74, 6) is -0.926. The Hall–Kier alpha value is -3.16. The number of carbonyl (C=O) groups is 1. The van der Waals surface area contributed by atoms with Crippen LogP contribution in [-0.2, 0) is 6.18 Å². The van der Waals surface area contributed by atoms with Crippen LogP contribution in [0.4, 0.5) is 18.9 Å². The van der Waals surface area contributed by atoms with E-state index in [1.54, 1.807) is 36.5 Å². The summed E-state index contributed by atoms with van der Waals surface area (Å²) in [5.41, 5.74) is 0.0670. The Morgan fingerprint density at radius 1 is 1.08 bits per heavy atom. The van der Waals surface area contributed by atoms with Gasteiger partial charge in [0, 0.05) is 23.6 Å². The number of H-pyrrole nitrogens is 1. The summed E-state index contributed by atoms with van der Waals surface area (Å²) < 4.78 is 38.9. The average molecular weight is 332 g/mol. The maximum absolute atomic E-state index is 13.0. The molecule has 8 heteroatoms. The topological polar surface area (TPSA) is 70.7 Å². The number of alkyl halides is 3. The van der Waals surface area contributed by atoms with Crippen molar-refractivity contribution < 1.29 is 18.0 Å². The van der Waals surface area contributed by atoms with Gasteiger partial charge in [0.15, 0.2) is 0 Å². The molecule has 0 unspecified atom stereocenters. The molecule has 0 bridgehead atoms. The summed E-state index contributed by atoms with van der Waals surface area (Å²) in [5, 5.41) is 9.04. The van der Waals surface area contributed by atoms with E-state index < -0.39 is 23.3 Å². The first kappa shape index (κ1) is 15.7. The van der Waals surface area contributed by atoms with Crippen LogP contribution in [0.1, 0.15) is 16.1 Å². The Morgan fingerprint density at radius 2 is 1.92 bits per heavy atom. The van der Waals surface area contributed by atoms with Gasteiger partial charge in [-0.1, -0.05) is 12.1 Å². The molecule has 3 rings (SSSR count). The first-order valence-electron chi connectivity index (χ1n) is 6.88. The minimum absolute atomic E-state index is 0.353. The summed E-state index contributed by atoms with van der Waals surface area (Å²) in [6.07, 6.45) is -1.94. The maximum atomic E-state index is 13.0. The highest BCUT2D eigenvalue weighted by Crippen LogP contribution is 2.31. The summed E-state index contributed by atoms with van der Waals surface area (Å²) in [4.78, 5) is 15.8. The smallest absolute Gasteiger partial charge is 0.321 e. The summed E-state index contributed by atoms with van der Waals surface area (Å²) in [7, 11) is 0. The summed E-state index contributed by atoms with van der Waals surface area (Å²) in [6.45, 7) is 0. The van der Waals surface area contributed by atoms with Crippen molar-refractivity contribution >= 4 is 11.6 Å². The molecule has 122 valence electrons. The second kappa shape index (κ2) is 6.15. The third-order valence-corrected chi connectivity index (χ3v) is 3.26. The molecule has 0 aliphatic heterocycles. The van der Waals surface area contributed by atoms with Gasteiger partial charge in [0.2, 0.25) is 0 Å². The number of amides is 1. The molecule has 0 saturated heterocycles. The van der Waals surface area contributed by atoms with E-state index in [9.17, 15) is 18.0 Å². The number of aromatic nitrogens is 3. The third kappa shape index (κ3) is 3.27. The number of carbonyl (C=O) groups excluding carboxylic acids is 1. The van der Waals surface area contributed by atoms with Crippen LogP contribution in [0.5, 0.6) is 0 Å². The number of pyridine rings is 1. The van der Waals surface area contributed by atoms with Crippen molar-refractivity contribution in [2.75, 3.05) is 5.32 Å². The largest absolute Gasteiger partial charge is 0.418 e. The number of benzene rings is 1. The first-order chi connectivity index (χ1) is 11.4. The molecule has 2 N–H and O–H groups in total. The zero-order valence-electron chi connectivity index (χ0n) is 12.1. The molecule has 2 aromatic heterocycles. The van der Waals surface area contributed by atoms with Gasteiger partial charge in [-0.05, 0) is 30.3 Å². The lowest BCUT2D eigenvalue weighted by Crippen LogP contribution is -2.20. The Kier molecular flexibility index (Phi) is 4.03. The Balaban J connectivity index is 1.88. The van der Waals surface area contributed by atoms with Crippen molar-refractivity contribution in [2.24, 2.45) is 0 Å². The van der Waals surface area contributed by atoms with Crippen LogP contribution >= 0.6 is 0 Å². The fourth-order valence-electron chi connectivity index (χ4n) is 2.19. The zero-order valence-corrected chi connectivity index (χ0v) is 12.1. The summed E-state index contributed by atoms with van der Waals surface area (Å²) >= 11 is 0. The number of hydrogen-bond donors (Lipinski definition) is 2. The van der Waals surface area contributed by atoms with E-state index in [1.165, 1.54) is 0 Å². The molecule has 0 aliphatic carbocycles. The Morgan fingerprint density at radius 3 is 2.62 bits per heavy atom. The zero-order chi connectivity index (χ0) is 17.2. The minimum atomic E-state index is -4.65. The highest BCUT2D eigenvalue weighted by Gasteiger charge is 2.35. The van der Waals surface area contributed by atoms with Crippen LogP contribution < -0.4 is 5.32 Å². The molecular formula is C16H11F3N4O. The second-order valence-electron chi connectivity index (χ2n) is 4.90. The van der Waals surface area contributed by atoms with Gasteiger partial charge in [0.25, 0.3) is 5.91 Å². The van der Waals surface area contributed by atoms with Gasteiger partial charge >= 0.3 is 6.18 Å². The highest BCUT2D eigenvalue weighted by molar-refractivity contribution is 6.04. The predicted molar refractivity (Wildman–Crippen MR) is 81.2 cm³/mol. The Bertz CT molecular complexity index is 860. The van der Waals surface area contributed by atoms with Crippen LogP contribution in [0.3, 0.4) is 0 Å². The highest BCUT2D eigenvalue weighted by atomic mass is 19.4. The van der Waals surface area contributed by atoms with Crippen molar-refractivity contribution in [1.82, 2.24) is 15.2 Å². The van der Waals surface area contributed by atoms with Gasteiger partial charge in [-0.15, -0.1) is 0 Å². The lowest BCUT2D eigenvalue weighted by molar-refractivity contribution is -0.138. The molecule has 0 aliphatic rings. The normalized spacial score (nSPS) is 11.3. The fraction of sp³-hybridized carbons (Fsp3) is 0.0625. The molecule has 24 heavy (non-hydrogen) atoms. The molecule has 0 saturated carbocycles. The number of rotatable bonds is 3. The molecule has 1 aromatic carbocycles. The standard InChI is InChI=1S/C16H11F3N4O/c17-16(18,19)12-5-2-7-20-14(12)15(24)22-11-4-1-3-10(9-11)13-6-8-21-23-13/h1-9H,(H,21,23)(H,22,24). The number of nitrogens with zero attached hydrogens (tertiary/aromatic N) is 2. The van der Waals surface area contributed by atoms with Crippen molar-refractivity contribution in [3.05, 3.63) is 66.1 Å².